The van der Waals surface area contributed by atoms with E-state index in [0.717, 1.165) is 25.1 Å². The lowest BCUT2D eigenvalue weighted by Crippen LogP contribution is -2.42. The summed E-state index contributed by atoms with van der Waals surface area (Å²) in [6.07, 6.45) is 1.00. The van der Waals surface area contributed by atoms with Gasteiger partial charge in [-0.15, -0.1) is 0 Å². The molecule has 0 radical (unpaired) electrons. The van der Waals surface area contributed by atoms with E-state index in [9.17, 15) is 4.79 Å². The Balaban J connectivity index is 1.92. The summed E-state index contributed by atoms with van der Waals surface area (Å²) in [6, 6.07) is 18.4. The van der Waals surface area contributed by atoms with Crippen LogP contribution in [0.2, 0.25) is 0 Å². The van der Waals surface area contributed by atoms with Crippen LogP contribution in [0, 0.1) is 0 Å². The maximum Gasteiger partial charge on any atom is 0.244 e. The van der Waals surface area contributed by atoms with Gasteiger partial charge >= 0.3 is 0 Å². The third kappa shape index (κ3) is 2.90. The average Bonchev–Trinajstić information content (AvgIpc) is 2.56. The molecule has 2 aromatic carbocycles. The van der Waals surface area contributed by atoms with Crippen LogP contribution in [0.15, 0.2) is 54.6 Å². The van der Waals surface area contributed by atoms with Crippen LogP contribution in [0.3, 0.4) is 0 Å². The largest absolute Gasteiger partial charge is 0.347 e. The van der Waals surface area contributed by atoms with Crippen molar-refractivity contribution in [2.24, 2.45) is 0 Å². The van der Waals surface area contributed by atoms with Crippen molar-refractivity contribution in [3.63, 3.8) is 0 Å². The van der Waals surface area contributed by atoms with Crippen molar-refractivity contribution in [1.82, 2.24) is 9.80 Å². The highest BCUT2D eigenvalue weighted by Crippen LogP contribution is 2.29. The lowest BCUT2D eigenvalue weighted by atomic mass is 9.96. The number of carbonyl (C=O) groups is 1. The van der Waals surface area contributed by atoms with Crippen molar-refractivity contribution < 1.29 is 4.79 Å². The first kappa shape index (κ1) is 14.8. The number of rotatable bonds is 3. The number of amides is 1. The van der Waals surface area contributed by atoms with Gasteiger partial charge < -0.3 is 4.90 Å². The third-order valence-corrected chi connectivity index (χ3v) is 4.32. The first-order valence-electron chi connectivity index (χ1n) is 7.74. The minimum atomic E-state index is -0.204. The predicted molar refractivity (Wildman–Crippen MR) is 88.4 cm³/mol. The number of hydrogen-bond donors (Lipinski definition) is 0. The molecule has 1 atom stereocenters. The van der Waals surface area contributed by atoms with E-state index in [1.165, 1.54) is 11.1 Å². The van der Waals surface area contributed by atoms with Crippen molar-refractivity contribution in [1.29, 1.82) is 0 Å². The third-order valence-electron chi connectivity index (χ3n) is 4.32. The van der Waals surface area contributed by atoms with Gasteiger partial charge in [-0.1, -0.05) is 54.6 Å². The maximum atomic E-state index is 12.7. The molecular formula is C19H22N2O. The van der Waals surface area contributed by atoms with Gasteiger partial charge in [0.25, 0.3) is 0 Å². The van der Waals surface area contributed by atoms with Gasteiger partial charge in [-0.25, -0.2) is 0 Å². The van der Waals surface area contributed by atoms with E-state index in [0.29, 0.717) is 0 Å². The summed E-state index contributed by atoms with van der Waals surface area (Å²) in [5.41, 5.74) is 3.81. The number of hydrogen-bond acceptors (Lipinski definition) is 2. The van der Waals surface area contributed by atoms with Crippen LogP contribution in [0.5, 0.6) is 0 Å². The summed E-state index contributed by atoms with van der Waals surface area (Å²) >= 11 is 0. The van der Waals surface area contributed by atoms with Crippen LogP contribution < -0.4 is 0 Å². The minimum Gasteiger partial charge on any atom is -0.347 e. The molecule has 0 saturated carbocycles. The first-order chi connectivity index (χ1) is 10.7. The van der Waals surface area contributed by atoms with Gasteiger partial charge in [0.15, 0.2) is 0 Å². The molecule has 3 rings (SSSR count). The van der Waals surface area contributed by atoms with Crippen LogP contribution in [0.25, 0.3) is 0 Å². The molecule has 1 heterocycles. The zero-order chi connectivity index (χ0) is 15.5. The molecule has 0 saturated heterocycles. The van der Waals surface area contributed by atoms with Crippen LogP contribution >= 0.6 is 0 Å². The predicted octanol–water partition coefficient (Wildman–Crippen LogP) is 2.87. The summed E-state index contributed by atoms with van der Waals surface area (Å²) in [7, 11) is 3.66. The van der Waals surface area contributed by atoms with Gasteiger partial charge in [0.05, 0.1) is 0 Å². The topological polar surface area (TPSA) is 23.6 Å². The Bertz CT molecular complexity index is 651. The monoisotopic (exact) mass is 294 g/mol. The second-order valence-electron chi connectivity index (χ2n) is 6.04. The molecule has 3 heteroatoms. The molecule has 1 unspecified atom stereocenters. The smallest absolute Gasteiger partial charge is 0.244 e. The van der Waals surface area contributed by atoms with Crippen molar-refractivity contribution in [3.05, 3.63) is 71.3 Å². The van der Waals surface area contributed by atoms with Crippen LogP contribution in [0.4, 0.5) is 0 Å². The quantitative estimate of drug-likeness (QED) is 0.869. The molecule has 0 N–H and O–H groups in total. The summed E-state index contributed by atoms with van der Waals surface area (Å²) < 4.78 is 0. The molecule has 1 aliphatic rings. The van der Waals surface area contributed by atoms with Gasteiger partial charge in [-0.2, -0.15) is 0 Å². The molecule has 2 aromatic rings. The Kier molecular flexibility index (Phi) is 4.25. The lowest BCUT2D eigenvalue weighted by molar-refractivity contribution is -0.135. The number of carbonyl (C=O) groups excluding carboxylic acids is 1. The van der Waals surface area contributed by atoms with Crippen molar-refractivity contribution >= 4 is 5.91 Å². The summed E-state index contributed by atoms with van der Waals surface area (Å²) in [6.45, 7) is 1.74. The molecule has 0 spiro atoms. The van der Waals surface area contributed by atoms with Gasteiger partial charge in [-0.05, 0) is 23.1 Å². The number of likely N-dealkylation sites (N-methyl/N-ethyl adjacent to an activating group) is 1. The molecule has 0 aliphatic carbocycles. The Morgan fingerprint density at radius 1 is 1.00 bits per heavy atom. The van der Waals surface area contributed by atoms with E-state index in [-0.39, 0.29) is 11.9 Å². The normalized spacial score (nSPS) is 15.9. The van der Waals surface area contributed by atoms with Crippen molar-refractivity contribution in [2.45, 2.75) is 19.0 Å². The second kappa shape index (κ2) is 6.32. The SMILES string of the molecule is CN(C)C(=O)C(c1ccccc1)N1CCc2ccccc2C1. The highest BCUT2D eigenvalue weighted by atomic mass is 16.2. The van der Waals surface area contributed by atoms with E-state index in [1.807, 2.05) is 44.4 Å². The molecule has 0 fully saturated rings. The number of fused-ring (bicyclic) bond motifs is 1. The fraction of sp³-hybridized carbons (Fsp3) is 0.316. The fourth-order valence-electron chi connectivity index (χ4n) is 3.13. The molecule has 0 bridgehead atoms. The van der Waals surface area contributed by atoms with Gasteiger partial charge in [0, 0.05) is 27.2 Å². The number of nitrogens with zero attached hydrogens (tertiary/aromatic N) is 2. The standard InChI is InChI=1S/C19H22N2O/c1-20(2)19(22)18(16-9-4-3-5-10-16)21-13-12-15-8-6-7-11-17(15)14-21/h3-11,18H,12-14H2,1-2H3. The lowest BCUT2D eigenvalue weighted by Gasteiger charge is -2.36. The van der Waals surface area contributed by atoms with E-state index >= 15 is 0 Å². The fourth-order valence-corrected chi connectivity index (χ4v) is 3.13. The Morgan fingerprint density at radius 3 is 2.32 bits per heavy atom. The average molecular weight is 294 g/mol. The maximum absolute atomic E-state index is 12.7. The Hall–Kier alpha value is -2.13. The summed E-state index contributed by atoms with van der Waals surface area (Å²) in [5.74, 6) is 0.144. The molecule has 22 heavy (non-hydrogen) atoms. The zero-order valence-corrected chi connectivity index (χ0v) is 13.2. The van der Waals surface area contributed by atoms with Crippen molar-refractivity contribution in [3.8, 4) is 0 Å². The molecule has 0 aromatic heterocycles. The van der Waals surface area contributed by atoms with Crippen LogP contribution in [-0.4, -0.2) is 36.3 Å². The van der Waals surface area contributed by atoms with Gasteiger partial charge in [0.1, 0.15) is 6.04 Å². The number of benzene rings is 2. The summed E-state index contributed by atoms with van der Waals surface area (Å²) in [5, 5.41) is 0. The van der Waals surface area contributed by atoms with E-state index in [1.54, 1.807) is 4.90 Å². The minimum absolute atomic E-state index is 0.144. The highest BCUT2D eigenvalue weighted by molar-refractivity contribution is 5.83. The Morgan fingerprint density at radius 2 is 1.64 bits per heavy atom. The van der Waals surface area contributed by atoms with E-state index in [2.05, 4.69) is 29.2 Å². The first-order valence-corrected chi connectivity index (χ1v) is 7.74. The van der Waals surface area contributed by atoms with Crippen molar-refractivity contribution in [2.75, 3.05) is 20.6 Å². The van der Waals surface area contributed by atoms with Crippen LogP contribution in [-0.2, 0) is 17.8 Å². The van der Waals surface area contributed by atoms with Gasteiger partial charge in [0.2, 0.25) is 5.91 Å². The molecular weight excluding hydrogens is 272 g/mol. The molecule has 1 amide bonds. The Labute approximate surface area is 132 Å². The summed E-state index contributed by atoms with van der Waals surface area (Å²) in [4.78, 5) is 16.7. The molecule has 114 valence electrons. The van der Waals surface area contributed by atoms with E-state index < -0.39 is 0 Å². The highest BCUT2D eigenvalue weighted by Gasteiger charge is 2.31. The second-order valence-corrected chi connectivity index (χ2v) is 6.04. The zero-order valence-electron chi connectivity index (χ0n) is 13.2. The van der Waals surface area contributed by atoms with Gasteiger partial charge in [-0.3, -0.25) is 9.69 Å². The van der Waals surface area contributed by atoms with E-state index in [4.69, 9.17) is 0 Å². The molecule has 3 nitrogen and oxygen atoms in total. The molecule has 1 aliphatic heterocycles. The van der Waals surface area contributed by atoms with Crippen LogP contribution in [0.1, 0.15) is 22.7 Å².